The molecule has 0 heterocycles. The summed E-state index contributed by atoms with van der Waals surface area (Å²) in [5.74, 6) is 0.570. The standard InChI is InChI=1S/C20H24OS/c1-14(2)15-6-8-16(9-7-15)19(21)17-10-12-18(13-11-17)20(3,4)22-5/h6-14H,1-5H3. The summed E-state index contributed by atoms with van der Waals surface area (Å²) in [4.78, 5) is 12.6. The van der Waals surface area contributed by atoms with Crippen molar-refractivity contribution in [2.45, 2.75) is 38.4 Å². The zero-order valence-electron chi connectivity index (χ0n) is 14.0. The molecule has 2 rings (SSSR count). The van der Waals surface area contributed by atoms with Crippen LogP contribution in [-0.2, 0) is 4.75 Å². The van der Waals surface area contributed by atoms with Crippen LogP contribution in [0.3, 0.4) is 0 Å². The Labute approximate surface area is 138 Å². The van der Waals surface area contributed by atoms with E-state index < -0.39 is 0 Å². The topological polar surface area (TPSA) is 17.1 Å². The van der Waals surface area contributed by atoms with Crippen molar-refractivity contribution in [3.63, 3.8) is 0 Å². The van der Waals surface area contributed by atoms with Gasteiger partial charge in [-0.3, -0.25) is 4.79 Å². The SMILES string of the molecule is CSC(C)(C)c1ccc(C(=O)c2ccc(C(C)C)cc2)cc1. The molecular formula is C20H24OS. The van der Waals surface area contributed by atoms with Crippen LogP contribution in [0.25, 0.3) is 0 Å². The third-order valence-corrected chi connectivity index (χ3v) is 5.45. The first kappa shape index (κ1) is 16.8. The number of ketones is 1. The number of carbonyl (C=O) groups is 1. The number of rotatable bonds is 5. The molecule has 0 aliphatic rings. The number of thioether (sulfide) groups is 1. The number of carbonyl (C=O) groups excluding carboxylic acids is 1. The molecule has 2 aromatic carbocycles. The van der Waals surface area contributed by atoms with Crippen LogP contribution in [0.15, 0.2) is 48.5 Å². The number of benzene rings is 2. The van der Waals surface area contributed by atoms with Crippen molar-refractivity contribution in [1.29, 1.82) is 0 Å². The van der Waals surface area contributed by atoms with Gasteiger partial charge in [0.05, 0.1) is 0 Å². The lowest BCUT2D eigenvalue weighted by Gasteiger charge is -2.22. The Bertz CT molecular complexity index is 636. The molecule has 0 atom stereocenters. The Kier molecular flexibility index (Phi) is 5.12. The first-order valence-corrected chi connectivity index (χ1v) is 8.88. The lowest BCUT2D eigenvalue weighted by molar-refractivity contribution is 0.103. The van der Waals surface area contributed by atoms with Crippen molar-refractivity contribution in [1.82, 2.24) is 0 Å². The first-order chi connectivity index (χ1) is 10.3. The van der Waals surface area contributed by atoms with E-state index in [1.54, 1.807) is 0 Å². The maximum Gasteiger partial charge on any atom is 0.193 e. The molecule has 0 aromatic heterocycles. The van der Waals surface area contributed by atoms with Crippen LogP contribution in [0.1, 0.15) is 60.7 Å². The monoisotopic (exact) mass is 312 g/mol. The molecule has 2 heteroatoms. The predicted octanol–water partition coefficient (Wildman–Crippen LogP) is 5.64. The summed E-state index contributed by atoms with van der Waals surface area (Å²) in [6.07, 6.45) is 2.11. The maximum atomic E-state index is 12.6. The minimum Gasteiger partial charge on any atom is -0.289 e. The van der Waals surface area contributed by atoms with Crippen LogP contribution in [-0.4, -0.2) is 12.0 Å². The summed E-state index contributed by atoms with van der Waals surface area (Å²) in [5, 5.41) is 0. The molecule has 1 nitrogen and oxygen atoms in total. The second-order valence-electron chi connectivity index (χ2n) is 6.40. The van der Waals surface area contributed by atoms with Gasteiger partial charge in [-0.15, -0.1) is 0 Å². The minimum absolute atomic E-state index is 0.0699. The van der Waals surface area contributed by atoms with Crippen molar-refractivity contribution < 1.29 is 4.79 Å². The Morgan fingerprint density at radius 1 is 0.909 bits per heavy atom. The maximum absolute atomic E-state index is 12.6. The molecule has 0 aliphatic carbocycles. The van der Waals surface area contributed by atoms with E-state index in [0.717, 1.165) is 11.1 Å². The summed E-state index contributed by atoms with van der Waals surface area (Å²) >= 11 is 1.81. The Balaban J connectivity index is 2.23. The fourth-order valence-corrected chi connectivity index (χ4v) is 2.70. The highest BCUT2D eigenvalue weighted by molar-refractivity contribution is 7.99. The lowest BCUT2D eigenvalue weighted by Crippen LogP contribution is -2.11. The van der Waals surface area contributed by atoms with Gasteiger partial charge in [-0.05, 0) is 37.1 Å². The molecule has 0 saturated heterocycles. The number of hydrogen-bond donors (Lipinski definition) is 0. The highest BCUT2D eigenvalue weighted by Crippen LogP contribution is 2.33. The van der Waals surface area contributed by atoms with Crippen molar-refractivity contribution in [2.24, 2.45) is 0 Å². The van der Waals surface area contributed by atoms with Crippen molar-refractivity contribution >= 4 is 17.5 Å². The quantitative estimate of drug-likeness (QED) is 0.665. The summed E-state index contributed by atoms with van der Waals surface area (Å²) in [7, 11) is 0. The van der Waals surface area contributed by atoms with E-state index in [1.807, 2.05) is 48.2 Å². The van der Waals surface area contributed by atoms with Gasteiger partial charge < -0.3 is 0 Å². The highest BCUT2D eigenvalue weighted by Gasteiger charge is 2.19. The van der Waals surface area contributed by atoms with E-state index in [9.17, 15) is 4.79 Å². The fraction of sp³-hybridized carbons (Fsp3) is 0.350. The van der Waals surface area contributed by atoms with Crippen LogP contribution in [0, 0.1) is 0 Å². The van der Waals surface area contributed by atoms with Gasteiger partial charge in [-0.2, -0.15) is 11.8 Å². The van der Waals surface area contributed by atoms with Gasteiger partial charge in [0.2, 0.25) is 0 Å². The second-order valence-corrected chi connectivity index (χ2v) is 7.83. The third kappa shape index (κ3) is 3.61. The average molecular weight is 312 g/mol. The molecule has 0 fully saturated rings. The summed E-state index contributed by atoms with van der Waals surface area (Å²) < 4.78 is 0.0699. The predicted molar refractivity (Wildman–Crippen MR) is 96.9 cm³/mol. The summed E-state index contributed by atoms with van der Waals surface area (Å²) in [6.45, 7) is 8.70. The smallest absolute Gasteiger partial charge is 0.193 e. The number of hydrogen-bond acceptors (Lipinski definition) is 2. The van der Waals surface area contributed by atoms with E-state index in [-0.39, 0.29) is 10.5 Å². The summed E-state index contributed by atoms with van der Waals surface area (Å²) in [5.41, 5.74) is 4.00. The van der Waals surface area contributed by atoms with Crippen LogP contribution >= 0.6 is 11.8 Å². The lowest BCUT2D eigenvalue weighted by atomic mass is 9.96. The van der Waals surface area contributed by atoms with Gasteiger partial charge in [-0.1, -0.05) is 62.4 Å². The van der Waals surface area contributed by atoms with Crippen LogP contribution in [0.4, 0.5) is 0 Å². The minimum atomic E-state index is 0.0699. The molecule has 0 N–H and O–H groups in total. The molecule has 0 amide bonds. The van der Waals surface area contributed by atoms with E-state index >= 15 is 0 Å². The molecule has 0 bridgehead atoms. The van der Waals surface area contributed by atoms with Crippen molar-refractivity contribution in [3.05, 3.63) is 70.8 Å². The first-order valence-electron chi connectivity index (χ1n) is 7.65. The van der Waals surface area contributed by atoms with Gasteiger partial charge in [0.15, 0.2) is 5.78 Å². The molecule has 0 aliphatic heterocycles. The molecular weight excluding hydrogens is 288 g/mol. The van der Waals surface area contributed by atoms with Gasteiger partial charge in [0, 0.05) is 15.9 Å². The fourth-order valence-electron chi connectivity index (χ4n) is 2.33. The van der Waals surface area contributed by atoms with Crippen LogP contribution in [0.5, 0.6) is 0 Å². The van der Waals surface area contributed by atoms with Crippen molar-refractivity contribution in [2.75, 3.05) is 6.26 Å². The van der Waals surface area contributed by atoms with Gasteiger partial charge >= 0.3 is 0 Å². The average Bonchev–Trinajstić information content (AvgIpc) is 2.54. The van der Waals surface area contributed by atoms with E-state index in [0.29, 0.717) is 5.92 Å². The molecule has 0 spiro atoms. The van der Waals surface area contributed by atoms with Crippen LogP contribution < -0.4 is 0 Å². The molecule has 22 heavy (non-hydrogen) atoms. The molecule has 0 radical (unpaired) electrons. The van der Waals surface area contributed by atoms with E-state index in [1.165, 1.54) is 11.1 Å². The summed E-state index contributed by atoms with van der Waals surface area (Å²) in [6, 6.07) is 15.9. The zero-order chi connectivity index (χ0) is 16.3. The highest BCUT2D eigenvalue weighted by atomic mass is 32.2. The van der Waals surface area contributed by atoms with Crippen molar-refractivity contribution in [3.8, 4) is 0 Å². The van der Waals surface area contributed by atoms with E-state index in [4.69, 9.17) is 0 Å². The van der Waals surface area contributed by atoms with E-state index in [2.05, 4.69) is 46.1 Å². The van der Waals surface area contributed by atoms with Gasteiger partial charge in [0.1, 0.15) is 0 Å². The largest absolute Gasteiger partial charge is 0.289 e. The molecule has 116 valence electrons. The normalized spacial score (nSPS) is 11.7. The Hall–Kier alpha value is -1.54. The molecule has 2 aromatic rings. The second kappa shape index (κ2) is 6.70. The Morgan fingerprint density at radius 3 is 1.77 bits per heavy atom. The zero-order valence-corrected chi connectivity index (χ0v) is 14.8. The molecule has 0 unspecified atom stereocenters. The third-order valence-electron chi connectivity index (χ3n) is 4.19. The van der Waals surface area contributed by atoms with Crippen LogP contribution in [0.2, 0.25) is 0 Å². The van der Waals surface area contributed by atoms with Gasteiger partial charge in [0.25, 0.3) is 0 Å². The van der Waals surface area contributed by atoms with Gasteiger partial charge in [-0.25, -0.2) is 0 Å². The molecule has 0 saturated carbocycles. The Morgan fingerprint density at radius 2 is 1.36 bits per heavy atom.